The van der Waals surface area contributed by atoms with Crippen molar-refractivity contribution in [3.63, 3.8) is 0 Å². The van der Waals surface area contributed by atoms with Gasteiger partial charge in [0.05, 0.1) is 18.1 Å². The maximum atomic E-state index is 12.6. The number of β-lactam (4-membered cyclic amide) rings is 1. The summed E-state index contributed by atoms with van der Waals surface area (Å²) in [5.41, 5.74) is 2.05. The number of carbonyl (C=O) groups is 1. The average Bonchev–Trinajstić information content (AvgIpc) is 2.65. The lowest BCUT2D eigenvalue weighted by Crippen LogP contribution is -2.75. The number of halogens is 1. The quantitative estimate of drug-likeness (QED) is 0.839. The lowest BCUT2D eigenvalue weighted by atomic mass is 9.67. The molecule has 4 rings (SSSR count). The Bertz CT molecular complexity index is 730. The van der Waals surface area contributed by atoms with Crippen LogP contribution in [-0.2, 0) is 11.3 Å². The van der Waals surface area contributed by atoms with Crippen molar-refractivity contribution in [1.29, 1.82) is 0 Å². The summed E-state index contributed by atoms with van der Waals surface area (Å²) in [7, 11) is 0. The van der Waals surface area contributed by atoms with Gasteiger partial charge >= 0.3 is 0 Å². The molecular formula is C21H25ClN2O2. The Morgan fingerprint density at radius 3 is 2.12 bits per heavy atom. The van der Waals surface area contributed by atoms with Crippen LogP contribution in [0.2, 0.25) is 0 Å². The molecular weight excluding hydrogens is 348 g/mol. The number of amides is 1. The normalized spacial score (nSPS) is 22.0. The Labute approximate surface area is 160 Å². The maximum Gasteiger partial charge on any atom is 0.235 e. The summed E-state index contributed by atoms with van der Waals surface area (Å²) < 4.78 is 0. The molecule has 2 aliphatic rings. The number of carbonyl (C=O) groups excluding carboxylic acids is 1. The molecule has 1 spiro atoms. The van der Waals surface area contributed by atoms with Crippen molar-refractivity contribution in [3.8, 4) is 0 Å². The van der Waals surface area contributed by atoms with E-state index >= 15 is 0 Å². The molecule has 1 atom stereocenters. The first-order chi connectivity index (χ1) is 12.2. The minimum absolute atomic E-state index is 0. The average molecular weight is 373 g/mol. The van der Waals surface area contributed by atoms with Crippen LogP contribution in [0.15, 0.2) is 60.7 Å². The van der Waals surface area contributed by atoms with Crippen LogP contribution in [0.4, 0.5) is 5.69 Å². The topological polar surface area (TPSA) is 43.8 Å². The summed E-state index contributed by atoms with van der Waals surface area (Å²) in [6, 6.07) is 20.4. The summed E-state index contributed by atoms with van der Waals surface area (Å²) >= 11 is 0. The van der Waals surface area contributed by atoms with Gasteiger partial charge in [0.1, 0.15) is 0 Å². The molecule has 2 aromatic carbocycles. The SMILES string of the molecule is Cl.O=C1C(CO)C2(CCN(Cc3ccccc3)CC2)N1c1ccccc1. The first-order valence-electron chi connectivity index (χ1n) is 9.01. The van der Waals surface area contributed by atoms with Gasteiger partial charge in [0.15, 0.2) is 0 Å². The zero-order chi connectivity index (χ0) is 17.3. The highest BCUT2D eigenvalue weighted by molar-refractivity contribution is 6.05. The molecule has 2 aliphatic heterocycles. The fourth-order valence-electron chi connectivity index (χ4n) is 4.42. The van der Waals surface area contributed by atoms with Gasteiger partial charge in [0.2, 0.25) is 5.91 Å². The molecule has 1 amide bonds. The van der Waals surface area contributed by atoms with Gasteiger partial charge in [-0.05, 0) is 30.5 Å². The summed E-state index contributed by atoms with van der Waals surface area (Å²) in [5, 5.41) is 9.78. The number of aliphatic hydroxyl groups is 1. The van der Waals surface area contributed by atoms with Crippen LogP contribution in [-0.4, -0.2) is 41.1 Å². The molecule has 1 N–H and O–H groups in total. The van der Waals surface area contributed by atoms with E-state index in [4.69, 9.17) is 0 Å². The number of hydrogen-bond acceptors (Lipinski definition) is 3. The molecule has 138 valence electrons. The van der Waals surface area contributed by atoms with E-state index in [9.17, 15) is 9.90 Å². The van der Waals surface area contributed by atoms with Gasteiger partial charge in [-0.15, -0.1) is 12.4 Å². The fraction of sp³-hybridized carbons (Fsp3) is 0.381. The smallest absolute Gasteiger partial charge is 0.235 e. The van der Waals surface area contributed by atoms with Crippen molar-refractivity contribution in [2.24, 2.45) is 5.92 Å². The number of likely N-dealkylation sites (tertiary alicyclic amines) is 1. The lowest BCUT2D eigenvalue weighted by Gasteiger charge is -2.60. The van der Waals surface area contributed by atoms with Gasteiger partial charge in [-0.3, -0.25) is 9.69 Å². The van der Waals surface area contributed by atoms with E-state index in [0.29, 0.717) is 0 Å². The number of nitrogens with zero attached hydrogens (tertiary/aromatic N) is 2. The van der Waals surface area contributed by atoms with Crippen LogP contribution >= 0.6 is 12.4 Å². The van der Waals surface area contributed by atoms with Crippen molar-refractivity contribution >= 4 is 24.0 Å². The second-order valence-corrected chi connectivity index (χ2v) is 7.11. The van der Waals surface area contributed by atoms with E-state index in [1.54, 1.807) is 0 Å². The van der Waals surface area contributed by atoms with E-state index in [1.165, 1.54) is 5.56 Å². The summed E-state index contributed by atoms with van der Waals surface area (Å²) in [4.78, 5) is 17.0. The molecule has 0 bridgehead atoms. The number of hydrogen-bond donors (Lipinski definition) is 1. The first-order valence-corrected chi connectivity index (χ1v) is 9.01. The van der Waals surface area contributed by atoms with Crippen molar-refractivity contribution in [1.82, 2.24) is 4.90 Å². The van der Waals surface area contributed by atoms with E-state index < -0.39 is 0 Å². The predicted molar refractivity (Wildman–Crippen MR) is 105 cm³/mol. The summed E-state index contributed by atoms with van der Waals surface area (Å²) in [5.74, 6) is -0.197. The van der Waals surface area contributed by atoms with Crippen LogP contribution in [0.3, 0.4) is 0 Å². The third-order valence-electron chi connectivity index (χ3n) is 5.78. The largest absolute Gasteiger partial charge is 0.395 e. The Kier molecular flexibility index (Phi) is 5.66. The Balaban J connectivity index is 0.00000196. The Morgan fingerprint density at radius 2 is 1.54 bits per heavy atom. The number of piperidine rings is 1. The third-order valence-corrected chi connectivity index (χ3v) is 5.78. The van der Waals surface area contributed by atoms with Crippen molar-refractivity contribution in [2.45, 2.75) is 24.9 Å². The maximum absolute atomic E-state index is 12.6. The Hall–Kier alpha value is -1.88. The van der Waals surface area contributed by atoms with Gasteiger partial charge in [0, 0.05) is 25.3 Å². The van der Waals surface area contributed by atoms with E-state index in [0.717, 1.165) is 38.2 Å². The zero-order valence-electron chi connectivity index (χ0n) is 14.8. The van der Waals surface area contributed by atoms with E-state index in [1.807, 2.05) is 41.3 Å². The predicted octanol–water partition coefficient (Wildman–Crippen LogP) is 3.10. The van der Waals surface area contributed by atoms with Crippen molar-refractivity contribution in [2.75, 3.05) is 24.6 Å². The molecule has 0 aliphatic carbocycles. The third kappa shape index (κ3) is 3.13. The highest BCUT2D eigenvalue weighted by Gasteiger charge is 2.60. The van der Waals surface area contributed by atoms with Crippen LogP contribution in [0.25, 0.3) is 0 Å². The van der Waals surface area contributed by atoms with Gasteiger partial charge in [0.25, 0.3) is 0 Å². The van der Waals surface area contributed by atoms with Crippen LogP contribution < -0.4 is 4.90 Å². The van der Waals surface area contributed by atoms with Crippen molar-refractivity contribution in [3.05, 3.63) is 66.2 Å². The zero-order valence-corrected chi connectivity index (χ0v) is 15.6. The summed E-state index contributed by atoms with van der Waals surface area (Å²) in [6.45, 7) is 2.78. The second-order valence-electron chi connectivity index (χ2n) is 7.11. The molecule has 2 heterocycles. The minimum Gasteiger partial charge on any atom is -0.395 e. The molecule has 5 heteroatoms. The van der Waals surface area contributed by atoms with Crippen LogP contribution in [0, 0.1) is 5.92 Å². The second kappa shape index (κ2) is 7.78. The van der Waals surface area contributed by atoms with Crippen LogP contribution in [0.5, 0.6) is 0 Å². The van der Waals surface area contributed by atoms with Gasteiger partial charge in [-0.2, -0.15) is 0 Å². The fourth-order valence-corrected chi connectivity index (χ4v) is 4.42. The molecule has 1 unspecified atom stereocenters. The number of para-hydroxylation sites is 1. The van der Waals surface area contributed by atoms with Gasteiger partial charge in [-0.1, -0.05) is 48.5 Å². The van der Waals surface area contributed by atoms with Gasteiger partial charge < -0.3 is 10.0 Å². The van der Waals surface area contributed by atoms with Crippen molar-refractivity contribution < 1.29 is 9.90 Å². The molecule has 0 saturated carbocycles. The number of benzene rings is 2. The minimum atomic E-state index is -0.258. The molecule has 0 radical (unpaired) electrons. The first kappa shape index (κ1) is 18.9. The highest BCUT2D eigenvalue weighted by atomic mass is 35.5. The number of aliphatic hydroxyl groups excluding tert-OH is 1. The molecule has 26 heavy (non-hydrogen) atoms. The number of rotatable bonds is 4. The highest BCUT2D eigenvalue weighted by Crippen LogP contribution is 2.48. The van der Waals surface area contributed by atoms with E-state index in [2.05, 4.69) is 29.2 Å². The van der Waals surface area contributed by atoms with E-state index in [-0.39, 0.29) is 36.4 Å². The molecule has 4 nitrogen and oxygen atoms in total. The Morgan fingerprint density at radius 1 is 0.962 bits per heavy atom. The molecule has 2 saturated heterocycles. The van der Waals surface area contributed by atoms with Gasteiger partial charge in [-0.25, -0.2) is 0 Å². The monoisotopic (exact) mass is 372 g/mol. The summed E-state index contributed by atoms with van der Waals surface area (Å²) in [6.07, 6.45) is 1.82. The standard InChI is InChI=1S/C21H24N2O2.ClH/c24-16-19-20(25)23(18-9-5-2-6-10-18)21(19)11-13-22(14-12-21)15-17-7-3-1-4-8-17;/h1-10,19,24H,11-16H2;1H. The molecule has 0 aromatic heterocycles. The number of anilines is 1. The molecule has 2 fully saturated rings. The van der Waals surface area contributed by atoms with Crippen LogP contribution in [0.1, 0.15) is 18.4 Å². The lowest BCUT2D eigenvalue weighted by molar-refractivity contribution is -0.140. The molecule has 2 aromatic rings.